The summed E-state index contributed by atoms with van der Waals surface area (Å²) in [6.45, 7) is 15.7. The molecule has 0 saturated heterocycles. The van der Waals surface area contributed by atoms with Crippen molar-refractivity contribution in [2.45, 2.75) is 53.1 Å². The number of benzene rings is 1. The largest absolute Gasteiger partial charge is 0.375 e. The first-order valence-corrected chi connectivity index (χ1v) is 7.07. The molecule has 1 aromatic rings. The summed E-state index contributed by atoms with van der Waals surface area (Å²) < 4.78 is 6.05. The molecule has 0 aromatic heterocycles. The molecule has 1 aromatic carbocycles. The molecular formula is C18H28O. The Morgan fingerprint density at radius 2 is 1.63 bits per heavy atom. The Hall–Kier alpha value is -1.08. The van der Waals surface area contributed by atoms with Crippen molar-refractivity contribution >= 4 is 6.08 Å². The third-order valence-electron chi connectivity index (χ3n) is 3.19. The van der Waals surface area contributed by atoms with Crippen molar-refractivity contribution in [2.24, 2.45) is 5.41 Å². The molecule has 0 unspecified atom stereocenters. The summed E-state index contributed by atoms with van der Waals surface area (Å²) in [6.07, 6.45) is 3.90. The van der Waals surface area contributed by atoms with Crippen LogP contribution < -0.4 is 0 Å². The van der Waals surface area contributed by atoms with Gasteiger partial charge in [-0.15, -0.1) is 0 Å². The second kappa shape index (κ2) is 6.38. The minimum absolute atomic E-state index is 0.110. The van der Waals surface area contributed by atoms with Crippen molar-refractivity contribution in [1.82, 2.24) is 0 Å². The van der Waals surface area contributed by atoms with Crippen LogP contribution in [0.25, 0.3) is 6.08 Å². The van der Waals surface area contributed by atoms with Gasteiger partial charge in [-0.05, 0) is 36.8 Å². The van der Waals surface area contributed by atoms with Gasteiger partial charge in [0.15, 0.2) is 0 Å². The molecule has 0 heterocycles. The fraction of sp³-hybridized carbons (Fsp3) is 0.556. The summed E-state index contributed by atoms with van der Waals surface area (Å²) in [7, 11) is 0. The molecule has 0 aliphatic rings. The average Bonchev–Trinajstić information content (AvgIpc) is 2.27. The second-order valence-electron chi connectivity index (χ2n) is 7.04. The van der Waals surface area contributed by atoms with Gasteiger partial charge < -0.3 is 4.74 Å². The van der Waals surface area contributed by atoms with Crippen LogP contribution >= 0.6 is 0 Å². The van der Waals surface area contributed by atoms with E-state index in [1.54, 1.807) is 0 Å². The molecule has 0 bridgehead atoms. The van der Waals surface area contributed by atoms with E-state index in [9.17, 15) is 0 Å². The minimum Gasteiger partial charge on any atom is -0.375 e. The van der Waals surface area contributed by atoms with E-state index in [0.29, 0.717) is 5.41 Å². The van der Waals surface area contributed by atoms with E-state index in [2.05, 4.69) is 65.5 Å². The highest BCUT2D eigenvalue weighted by Crippen LogP contribution is 2.22. The average molecular weight is 260 g/mol. The molecular weight excluding hydrogens is 232 g/mol. The fourth-order valence-corrected chi connectivity index (χ4v) is 1.95. The summed E-state index contributed by atoms with van der Waals surface area (Å²) in [5.74, 6) is 0. The van der Waals surface area contributed by atoms with Crippen LogP contribution in [0.5, 0.6) is 0 Å². The SMILES string of the molecule is C=Cc1ccc(CC(C)(C)OCCC(C)(C)C)cc1. The van der Waals surface area contributed by atoms with Crippen LogP contribution in [-0.4, -0.2) is 12.2 Å². The molecule has 0 aliphatic carbocycles. The maximum atomic E-state index is 6.05. The van der Waals surface area contributed by atoms with Gasteiger partial charge in [0, 0.05) is 13.0 Å². The van der Waals surface area contributed by atoms with Gasteiger partial charge in [0.2, 0.25) is 0 Å². The van der Waals surface area contributed by atoms with Crippen LogP contribution in [0.4, 0.5) is 0 Å². The third kappa shape index (κ3) is 6.58. The van der Waals surface area contributed by atoms with Crippen LogP contribution in [0.1, 0.15) is 52.2 Å². The summed E-state index contributed by atoms with van der Waals surface area (Å²) in [4.78, 5) is 0. The van der Waals surface area contributed by atoms with E-state index in [-0.39, 0.29) is 5.60 Å². The quantitative estimate of drug-likeness (QED) is 0.691. The first-order valence-electron chi connectivity index (χ1n) is 7.07. The standard InChI is InChI=1S/C18H28O/c1-7-15-8-10-16(11-9-15)14-18(5,6)19-13-12-17(2,3)4/h7-11H,1,12-14H2,2-6H3. The van der Waals surface area contributed by atoms with Gasteiger partial charge in [0.25, 0.3) is 0 Å². The van der Waals surface area contributed by atoms with Crippen molar-refractivity contribution < 1.29 is 4.74 Å². The van der Waals surface area contributed by atoms with Crippen LogP contribution in [0.3, 0.4) is 0 Å². The zero-order valence-corrected chi connectivity index (χ0v) is 13.1. The van der Waals surface area contributed by atoms with Gasteiger partial charge >= 0.3 is 0 Å². The topological polar surface area (TPSA) is 9.23 Å². The van der Waals surface area contributed by atoms with Gasteiger partial charge in [-0.1, -0.05) is 57.7 Å². The Morgan fingerprint density at radius 1 is 1.05 bits per heavy atom. The highest BCUT2D eigenvalue weighted by Gasteiger charge is 2.20. The normalized spacial score (nSPS) is 12.5. The highest BCUT2D eigenvalue weighted by molar-refractivity contribution is 5.47. The van der Waals surface area contributed by atoms with Crippen molar-refractivity contribution in [3.63, 3.8) is 0 Å². The number of ether oxygens (including phenoxy) is 1. The van der Waals surface area contributed by atoms with E-state index in [1.807, 2.05) is 6.08 Å². The van der Waals surface area contributed by atoms with E-state index in [0.717, 1.165) is 25.0 Å². The van der Waals surface area contributed by atoms with Crippen LogP contribution in [0, 0.1) is 5.41 Å². The lowest BCUT2D eigenvalue weighted by Crippen LogP contribution is -2.29. The Bertz CT molecular complexity index is 393. The summed E-state index contributed by atoms with van der Waals surface area (Å²) in [6, 6.07) is 8.53. The summed E-state index contributed by atoms with van der Waals surface area (Å²) >= 11 is 0. The molecule has 0 saturated carbocycles. The van der Waals surface area contributed by atoms with E-state index < -0.39 is 0 Å². The zero-order valence-electron chi connectivity index (χ0n) is 13.1. The predicted molar refractivity (Wildman–Crippen MR) is 84.3 cm³/mol. The molecule has 0 spiro atoms. The van der Waals surface area contributed by atoms with Crippen LogP contribution in [-0.2, 0) is 11.2 Å². The van der Waals surface area contributed by atoms with Crippen molar-refractivity contribution in [3.8, 4) is 0 Å². The predicted octanol–water partition coefficient (Wildman–Crippen LogP) is 5.10. The lowest BCUT2D eigenvalue weighted by molar-refractivity contribution is -0.0270. The van der Waals surface area contributed by atoms with E-state index >= 15 is 0 Å². The van der Waals surface area contributed by atoms with Gasteiger partial charge in [0.05, 0.1) is 5.60 Å². The maximum Gasteiger partial charge on any atom is 0.0666 e. The highest BCUT2D eigenvalue weighted by atomic mass is 16.5. The molecule has 0 atom stereocenters. The zero-order chi connectivity index (χ0) is 14.5. The van der Waals surface area contributed by atoms with Gasteiger partial charge in [0.1, 0.15) is 0 Å². The second-order valence-corrected chi connectivity index (χ2v) is 7.04. The molecule has 0 amide bonds. The van der Waals surface area contributed by atoms with E-state index in [1.165, 1.54) is 5.56 Å². The lowest BCUT2D eigenvalue weighted by Gasteiger charge is -2.28. The maximum absolute atomic E-state index is 6.05. The van der Waals surface area contributed by atoms with Gasteiger partial charge in [-0.3, -0.25) is 0 Å². The molecule has 0 radical (unpaired) electrons. The fourth-order valence-electron chi connectivity index (χ4n) is 1.95. The molecule has 19 heavy (non-hydrogen) atoms. The first-order chi connectivity index (χ1) is 8.72. The smallest absolute Gasteiger partial charge is 0.0666 e. The minimum atomic E-state index is -0.110. The number of hydrogen-bond acceptors (Lipinski definition) is 1. The molecule has 1 nitrogen and oxygen atoms in total. The van der Waals surface area contributed by atoms with Crippen molar-refractivity contribution in [1.29, 1.82) is 0 Å². The molecule has 106 valence electrons. The Kier molecular flexibility index (Phi) is 5.37. The monoisotopic (exact) mass is 260 g/mol. The Morgan fingerprint density at radius 3 is 2.11 bits per heavy atom. The van der Waals surface area contributed by atoms with Crippen molar-refractivity contribution in [2.75, 3.05) is 6.61 Å². The van der Waals surface area contributed by atoms with Crippen molar-refractivity contribution in [3.05, 3.63) is 42.0 Å². The molecule has 0 N–H and O–H groups in total. The van der Waals surface area contributed by atoms with Crippen LogP contribution in [0.15, 0.2) is 30.8 Å². The molecule has 0 aliphatic heterocycles. The molecule has 1 rings (SSSR count). The first kappa shape index (κ1) is 16.0. The van der Waals surface area contributed by atoms with Gasteiger partial charge in [-0.25, -0.2) is 0 Å². The summed E-state index contributed by atoms with van der Waals surface area (Å²) in [5.41, 5.74) is 2.70. The molecule has 1 heteroatoms. The Labute approximate surface area is 118 Å². The third-order valence-corrected chi connectivity index (χ3v) is 3.19. The van der Waals surface area contributed by atoms with Crippen LogP contribution in [0.2, 0.25) is 0 Å². The number of hydrogen-bond donors (Lipinski definition) is 0. The Balaban J connectivity index is 2.50. The molecule has 0 fully saturated rings. The van der Waals surface area contributed by atoms with E-state index in [4.69, 9.17) is 4.74 Å². The summed E-state index contributed by atoms with van der Waals surface area (Å²) in [5, 5.41) is 0. The van der Waals surface area contributed by atoms with Gasteiger partial charge in [-0.2, -0.15) is 0 Å². The number of rotatable bonds is 6. The lowest BCUT2D eigenvalue weighted by atomic mass is 9.92.